The Morgan fingerprint density at radius 1 is 1.86 bits per heavy atom. The third-order valence-electron chi connectivity index (χ3n) is 0.446. The lowest BCUT2D eigenvalue weighted by Gasteiger charge is -1.74. The van der Waals surface area contributed by atoms with E-state index in [4.69, 9.17) is 0 Å². The van der Waals surface area contributed by atoms with Crippen LogP contribution in [-0.2, 0) is 0 Å². The first-order valence-corrected chi connectivity index (χ1v) is 1.56. The zero-order valence-electron chi connectivity index (χ0n) is 3.26. The second kappa shape index (κ2) is 1.55. The first kappa shape index (κ1) is 4.04. The van der Waals surface area contributed by atoms with E-state index < -0.39 is 0 Å². The zero-order valence-corrected chi connectivity index (χ0v) is 3.26. The van der Waals surface area contributed by atoms with Gasteiger partial charge in [-0.1, -0.05) is 4.48 Å². The van der Waals surface area contributed by atoms with Crippen molar-refractivity contribution in [3.05, 3.63) is 6.39 Å². The van der Waals surface area contributed by atoms with E-state index in [-0.39, 0.29) is 5.95 Å². The van der Waals surface area contributed by atoms with Crippen LogP contribution in [0.5, 0.6) is 0 Å². The second-order valence-corrected chi connectivity index (χ2v) is 0.849. The van der Waals surface area contributed by atoms with E-state index in [1.807, 2.05) is 0 Å². The van der Waals surface area contributed by atoms with E-state index in [0.717, 1.165) is 6.39 Å². The Balaban J connectivity index is 2.76. The number of aromatic nitrogens is 2. The highest BCUT2D eigenvalue weighted by Crippen LogP contribution is 1.91. The Labute approximate surface area is 38.3 Å². The van der Waals surface area contributed by atoms with Gasteiger partial charge in [0.25, 0.3) is 5.95 Å². The van der Waals surface area contributed by atoms with Crippen molar-refractivity contribution in [3.8, 4) is 0 Å². The normalized spacial score (nSPS) is 8.71. The van der Waals surface area contributed by atoms with Crippen LogP contribution in [0.1, 0.15) is 0 Å². The van der Waals surface area contributed by atoms with Crippen molar-refractivity contribution in [3.63, 3.8) is 0 Å². The summed E-state index contributed by atoms with van der Waals surface area (Å²) in [6, 6.07) is 0. The molecule has 1 rings (SSSR count). The summed E-state index contributed by atoms with van der Waals surface area (Å²) in [4.78, 5) is 3.27. The molecule has 0 aromatic carbocycles. The lowest BCUT2D eigenvalue weighted by atomic mass is 11.1. The molecular formula is C2H2FN3O. The van der Waals surface area contributed by atoms with Crippen LogP contribution in [0, 0.1) is 0 Å². The first-order chi connectivity index (χ1) is 3.43. The molecule has 1 heterocycles. The highest BCUT2D eigenvalue weighted by Gasteiger charge is 1.89. The van der Waals surface area contributed by atoms with Gasteiger partial charge >= 0.3 is 0 Å². The average molecular weight is 103 g/mol. The van der Waals surface area contributed by atoms with Crippen LogP contribution in [0.3, 0.4) is 0 Å². The number of halogens is 1. The molecule has 0 unspecified atom stereocenters. The lowest BCUT2D eigenvalue weighted by Crippen LogP contribution is -1.80. The van der Waals surface area contributed by atoms with Gasteiger partial charge in [-0.3, -0.25) is 0 Å². The predicted molar refractivity (Wildman–Crippen MR) is 19.0 cm³/mol. The standard InChI is InChI=1S/C2H2FN3O/c3-5-2-4-1-7-6-2/h1H,(H,5,6). The maximum absolute atomic E-state index is 11.1. The monoisotopic (exact) mass is 103 g/mol. The van der Waals surface area contributed by atoms with Crippen molar-refractivity contribution >= 4 is 5.95 Å². The maximum Gasteiger partial charge on any atom is 0.291 e. The molecule has 0 amide bonds. The van der Waals surface area contributed by atoms with Crippen molar-refractivity contribution < 1.29 is 9.00 Å². The predicted octanol–water partition coefficient (Wildman–Crippen LogP) is 0.366. The molecule has 0 radical (unpaired) electrons. The minimum Gasteiger partial charge on any atom is -0.341 e. The van der Waals surface area contributed by atoms with E-state index >= 15 is 0 Å². The molecule has 7 heavy (non-hydrogen) atoms. The van der Waals surface area contributed by atoms with Crippen LogP contribution in [0.4, 0.5) is 10.4 Å². The van der Waals surface area contributed by atoms with Crippen molar-refractivity contribution in [2.24, 2.45) is 0 Å². The number of anilines is 1. The number of nitrogens with one attached hydrogen (secondary N) is 1. The summed E-state index contributed by atoms with van der Waals surface area (Å²) in [5.41, 5.74) is 1.19. The van der Waals surface area contributed by atoms with E-state index in [1.54, 1.807) is 0 Å². The van der Waals surface area contributed by atoms with E-state index in [1.165, 1.54) is 5.54 Å². The van der Waals surface area contributed by atoms with E-state index in [9.17, 15) is 4.48 Å². The minimum atomic E-state index is -0.153. The van der Waals surface area contributed by atoms with Crippen LogP contribution >= 0.6 is 0 Å². The Hall–Kier alpha value is -1.13. The quantitative estimate of drug-likeness (QED) is 0.521. The van der Waals surface area contributed by atoms with Crippen molar-refractivity contribution in [2.45, 2.75) is 0 Å². The minimum absolute atomic E-state index is 0.153. The molecule has 0 aliphatic rings. The fourth-order valence-electron chi connectivity index (χ4n) is 0.212. The van der Waals surface area contributed by atoms with Gasteiger partial charge in [0.15, 0.2) is 0 Å². The molecular weight excluding hydrogens is 101 g/mol. The second-order valence-electron chi connectivity index (χ2n) is 0.849. The molecule has 5 heteroatoms. The van der Waals surface area contributed by atoms with Gasteiger partial charge in [0.1, 0.15) is 0 Å². The van der Waals surface area contributed by atoms with Gasteiger partial charge in [-0.25, -0.2) is 0 Å². The summed E-state index contributed by atoms with van der Waals surface area (Å²) in [5.74, 6) is -0.153. The first-order valence-electron chi connectivity index (χ1n) is 1.56. The van der Waals surface area contributed by atoms with Gasteiger partial charge in [0.05, 0.1) is 0 Å². The molecule has 1 aromatic rings. The molecule has 1 aromatic heterocycles. The summed E-state index contributed by atoms with van der Waals surface area (Å²) in [6.07, 6.45) is 1.03. The maximum atomic E-state index is 11.1. The van der Waals surface area contributed by atoms with Crippen LogP contribution in [0.25, 0.3) is 0 Å². The highest BCUT2D eigenvalue weighted by molar-refractivity contribution is 5.13. The fourth-order valence-corrected chi connectivity index (χ4v) is 0.212. The van der Waals surface area contributed by atoms with Crippen molar-refractivity contribution in [1.29, 1.82) is 0 Å². The number of hydrogen-bond donors (Lipinski definition) is 1. The highest BCUT2D eigenvalue weighted by atomic mass is 19.2. The molecule has 38 valence electrons. The zero-order chi connectivity index (χ0) is 5.11. The summed E-state index contributed by atoms with van der Waals surface area (Å²) in [6.45, 7) is 0. The fraction of sp³-hybridized carbons (Fsp3) is 0. The van der Waals surface area contributed by atoms with Crippen LogP contribution < -0.4 is 5.54 Å². The molecule has 0 bridgehead atoms. The molecule has 0 saturated heterocycles. The summed E-state index contributed by atoms with van der Waals surface area (Å²) in [5, 5.41) is 3.06. The average Bonchev–Trinajstić information content (AvgIpc) is 2.14. The van der Waals surface area contributed by atoms with Crippen molar-refractivity contribution in [1.82, 2.24) is 10.1 Å². The summed E-state index contributed by atoms with van der Waals surface area (Å²) < 4.78 is 15.3. The Kier molecular flexibility index (Phi) is 0.892. The van der Waals surface area contributed by atoms with E-state index in [0.29, 0.717) is 0 Å². The lowest BCUT2D eigenvalue weighted by molar-refractivity contribution is 0.415. The third kappa shape index (κ3) is 0.648. The molecule has 0 saturated carbocycles. The molecule has 0 atom stereocenters. The number of hydrogen-bond acceptors (Lipinski definition) is 4. The Morgan fingerprint density at radius 2 is 2.71 bits per heavy atom. The van der Waals surface area contributed by atoms with Gasteiger partial charge < -0.3 is 4.52 Å². The van der Waals surface area contributed by atoms with Gasteiger partial charge in [0.2, 0.25) is 6.39 Å². The number of nitrogens with zero attached hydrogens (tertiary/aromatic N) is 2. The number of rotatable bonds is 1. The largest absolute Gasteiger partial charge is 0.341 e. The molecule has 1 N–H and O–H groups in total. The molecule has 0 fully saturated rings. The third-order valence-corrected chi connectivity index (χ3v) is 0.446. The topological polar surface area (TPSA) is 51.0 Å². The van der Waals surface area contributed by atoms with Gasteiger partial charge in [0, 0.05) is 0 Å². The van der Waals surface area contributed by atoms with Crippen LogP contribution in [0.15, 0.2) is 10.9 Å². The van der Waals surface area contributed by atoms with Crippen LogP contribution in [-0.4, -0.2) is 10.1 Å². The Morgan fingerprint density at radius 3 is 3.00 bits per heavy atom. The van der Waals surface area contributed by atoms with Crippen LogP contribution in [0.2, 0.25) is 0 Å². The Bertz CT molecular complexity index is 127. The smallest absolute Gasteiger partial charge is 0.291 e. The summed E-state index contributed by atoms with van der Waals surface area (Å²) >= 11 is 0. The van der Waals surface area contributed by atoms with Gasteiger partial charge in [-0.15, -0.1) is 0 Å². The summed E-state index contributed by atoms with van der Waals surface area (Å²) in [7, 11) is 0. The van der Waals surface area contributed by atoms with Gasteiger partial charge in [-0.05, 0) is 5.16 Å². The van der Waals surface area contributed by atoms with E-state index in [2.05, 4.69) is 14.7 Å². The van der Waals surface area contributed by atoms with Crippen molar-refractivity contribution in [2.75, 3.05) is 5.54 Å². The molecule has 0 aliphatic heterocycles. The van der Waals surface area contributed by atoms with Gasteiger partial charge in [-0.2, -0.15) is 10.5 Å². The molecule has 0 aliphatic carbocycles. The molecule has 0 spiro atoms. The molecule has 4 nitrogen and oxygen atoms in total. The SMILES string of the molecule is FNc1ncon1.